The molecule has 0 spiro atoms. The minimum atomic E-state index is -0.184. The van der Waals surface area contributed by atoms with E-state index in [9.17, 15) is 4.79 Å². The van der Waals surface area contributed by atoms with E-state index in [2.05, 4.69) is 15.4 Å². The highest BCUT2D eigenvalue weighted by Gasteiger charge is 2.16. The summed E-state index contributed by atoms with van der Waals surface area (Å²) in [5.41, 5.74) is 2.25. The van der Waals surface area contributed by atoms with Gasteiger partial charge in [-0.3, -0.25) is 4.79 Å². The van der Waals surface area contributed by atoms with Crippen molar-refractivity contribution in [3.05, 3.63) is 59.8 Å². The lowest BCUT2D eigenvalue weighted by Gasteiger charge is -2.07. The van der Waals surface area contributed by atoms with Gasteiger partial charge >= 0.3 is 0 Å². The van der Waals surface area contributed by atoms with E-state index in [1.807, 2.05) is 61.7 Å². The molecule has 1 N–H and O–H groups in total. The van der Waals surface area contributed by atoms with Crippen LogP contribution in [0.5, 0.6) is 5.75 Å². The minimum absolute atomic E-state index is 0.184. The molecule has 0 aliphatic carbocycles. The van der Waals surface area contributed by atoms with Crippen molar-refractivity contribution in [1.29, 1.82) is 0 Å². The summed E-state index contributed by atoms with van der Waals surface area (Å²) in [6.07, 6.45) is 2.00. The average molecular weight is 411 g/mol. The van der Waals surface area contributed by atoms with Crippen LogP contribution in [0.3, 0.4) is 0 Å². The summed E-state index contributed by atoms with van der Waals surface area (Å²) in [6, 6.07) is 15.1. The third kappa shape index (κ3) is 3.61. The molecule has 0 fully saturated rings. The fourth-order valence-electron chi connectivity index (χ4n) is 2.78. The summed E-state index contributed by atoms with van der Waals surface area (Å²) in [4.78, 5) is 18.4. The Labute approximate surface area is 170 Å². The number of nitrogens with zero attached hydrogens (tertiary/aromatic N) is 3. The van der Waals surface area contributed by atoms with Gasteiger partial charge in [-0.25, -0.2) is 4.98 Å². The third-order valence-corrected chi connectivity index (χ3v) is 5.93. The topological polar surface area (TPSA) is 69.0 Å². The summed E-state index contributed by atoms with van der Waals surface area (Å²) in [7, 11) is 1.64. The number of hydrogen-bond donors (Lipinski definition) is 1. The number of thioether (sulfide) groups is 1. The van der Waals surface area contributed by atoms with Crippen LogP contribution in [-0.4, -0.2) is 34.0 Å². The fraction of sp³-hybridized carbons (Fsp3) is 0.150. The summed E-state index contributed by atoms with van der Waals surface area (Å²) < 4.78 is 7.94. The van der Waals surface area contributed by atoms with Gasteiger partial charge in [0.2, 0.25) is 5.13 Å². The number of aryl methyl sites for hydroxylation is 1. The summed E-state index contributed by atoms with van der Waals surface area (Å²) in [5, 5.41) is 8.14. The van der Waals surface area contributed by atoms with Crippen molar-refractivity contribution >= 4 is 45.0 Å². The number of aromatic nitrogens is 3. The van der Waals surface area contributed by atoms with Crippen LogP contribution in [-0.2, 0) is 0 Å². The van der Waals surface area contributed by atoms with Crippen molar-refractivity contribution in [2.75, 3.05) is 18.7 Å². The van der Waals surface area contributed by atoms with Crippen LogP contribution >= 0.6 is 23.1 Å². The van der Waals surface area contributed by atoms with E-state index in [0.29, 0.717) is 16.5 Å². The lowest BCUT2D eigenvalue weighted by molar-refractivity contribution is 0.102. The van der Waals surface area contributed by atoms with Crippen molar-refractivity contribution in [1.82, 2.24) is 14.8 Å². The first-order valence-corrected chi connectivity index (χ1v) is 10.6. The predicted octanol–water partition coefficient (Wildman–Crippen LogP) is 4.77. The Bertz CT molecular complexity index is 1150. The maximum absolute atomic E-state index is 12.7. The molecule has 28 heavy (non-hydrogen) atoms. The van der Waals surface area contributed by atoms with Crippen LogP contribution in [0.2, 0.25) is 0 Å². The summed E-state index contributed by atoms with van der Waals surface area (Å²) in [6.45, 7) is 1.88. The molecule has 0 saturated heterocycles. The summed E-state index contributed by atoms with van der Waals surface area (Å²) in [5.74, 6) is 1.18. The Morgan fingerprint density at radius 1 is 1.18 bits per heavy atom. The molecule has 0 aliphatic heterocycles. The molecule has 4 aromatic rings. The normalized spacial score (nSPS) is 11.0. The Hall–Kier alpha value is -2.84. The van der Waals surface area contributed by atoms with Gasteiger partial charge in [0.1, 0.15) is 11.6 Å². The van der Waals surface area contributed by atoms with Crippen LogP contribution < -0.4 is 10.1 Å². The molecule has 2 heterocycles. The second kappa shape index (κ2) is 7.65. The molecule has 0 radical (unpaired) electrons. The molecule has 6 nitrogen and oxygen atoms in total. The Balaban J connectivity index is 1.65. The number of ether oxygens (including phenoxy) is 1. The zero-order chi connectivity index (χ0) is 19.7. The van der Waals surface area contributed by atoms with Gasteiger partial charge in [0.05, 0.1) is 23.0 Å². The van der Waals surface area contributed by atoms with E-state index >= 15 is 0 Å². The van der Waals surface area contributed by atoms with Crippen molar-refractivity contribution < 1.29 is 9.53 Å². The van der Waals surface area contributed by atoms with E-state index < -0.39 is 0 Å². The van der Waals surface area contributed by atoms with E-state index in [4.69, 9.17) is 4.74 Å². The number of carbonyl (C=O) groups excluding carboxylic acids is 1. The SMILES string of the molecule is COc1ccc2nc(-n3nc(C)cc3NC(=O)c3ccc(SC)cc3)sc2c1. The van der Waals surface area contributed by atoms with E-state index in [1.165, 1.54) is 11.3 Å². The van der Waals surface area contributed by atoms with Crippen molar-refractivity contribution in [3.8, 4) is 10.9 Å². The largest absolute Gasteiger partial charge is 0.497 e. The number of carbonyl (C=O) groups is 1. The smallest absolute Gasteiger partial charge is 0.256 e. The Kier molecular flexibility index (Phi) is 5.06. The number of anilines is 1. The number of amides is 1. The highest BCUT2D eigenvalue weighted by molar-refractivity contribution is 7.98. The molecule has 1 amide bonds. The fourth-order valence-corrected chi connectivity index (χ4v) is 4.14. The second-order valence-electron chi connectivity index (χ2n) is 6.10. The standard InChI is InChI=1S/C20H18N4O2S2/c1-12-10-18(22-19(25)13-4-7-15(27-3)8-5-13)24(23-12)20-21-16-9-6-14(26-2)11-17(16)28-20/h4-11H,1-3H3,(H,22,25). The number of fused-ring (bicyclic) bond motifs is 1. The van der Waals surface area contributed by atoms with Gasteiger partial charge in [0.15, 0.2) is 0 Å². The summed E-state index contributed by atoms with van der Waals surface area (Å²) >= 11 is 3.13. The number of methoxy groups -OCH3 is 1. The highest BCUT2D eigenvalue weighted by atomic mass is 32.2. The average Bonchev–Trinajstić information content (AvgIpc) is 3.30. The molecule has 8 heteroatoms. The van der Waals surface area contributed by atoms with E-state index in [-0.39, 0.29) is 5.91 Å². The van der Waals surface area contributed by atoms with E-state index in [1.54, 1.807) is 23.6 Å². The van der Waals surface area contributed by atoms with Gasteiger partial charge in [-0.05, 0) is 55.6 Å². The van der Waals surface area contributed by atoms with E-state index in [0.717, 1.165) is 26.6 Å². The molecular weight excluding hydrogens is 392 g/mol. The van der Waals surface area contributed by atoms with Gasteiger partial charge in [0.25, 0.3) is 5.91 Å². The number of rotatable bonds is 5. The number of benzene rings is 2. The Morgan fingerprint density at radius 3 is 2.68 bits per heavy atom. The van der Waals surface area contributed by atoms with Crippen LogP contribution in [0, 0.1) is 6.92 Å². The molecule has 4 rings (SSSR count). The van der Waals surface area contributed by atoms with Crippen molar-refractivity contribution in [2.45, 2.75) is 11.8 Å². The zero-order valence-corrected chi connectivity index (χ0v) is 17.2. The molecule has 0 aliphatic rings. The van der Waals surface area contributed by atoms with Gasteiger partial charge < -0.3 is 10.1 Å². The molecule has 0 unspecified atom stereocenters. The molecule has 2 aromatic carbocycles. The molecule has 0 bridgehead atoms. The first kappa shape index (κ1) is 18.5. The second-order valence-corrected chi connectivity index (χ2v) is 7.98. The first-order chi connectivity index (χ1) is 13.6. The third-order valence-electron chi connectivity index (χ3n) is 4.19. The van der Waals surface area contributed by atoms with Crippen LogP contribution in [0.25, 0.3) is 15.3 Å². The van der Waals surface area contributed by atoms with Crippen LogP contribution in [0.15, 0.2) is 53.4 Å². The highest BCUT2D eigenvalue weighted by Crippen LogP contribution is 2.30. The number of hydrogen-bond acceptors (Lipinski definition) is 6. The maximum Gasteiger partial charge on any atom is 0.256 e. The van der Waals surface area contributed by atoms with Crippen LogP contribution in [0.4, 0.5) is 5.82 Å². The van der Waals surface area contributed by atoms with Crippen LogP contribution in [0.1, 0.15) is 16.1 Å². The van der Waals surface area contributed by atoms with Gasteiger partial charge in [-0.2, -0.15) is 9.78 Å². The molecule has 0 atom stereocenters. The van der Waals surface area contributed by atoms with Gasteiger partial charge in [-0.15, -0.1) is 11.8 Å². The lowest BCUT2D eigenvalue weighted by Crippen LogP contribution is -2.15. The monoisotopic (exact) mass is 410 g/mol. The first-order valence-electron chi connectivity index (χ1n) is 8.54. The predicted molar refractivity (Wildman–Crippen MR) is 114 cm³/mol. The molecule has 2 aromatic heterocycles. The maximum atomic E-state index is 12.7. The van der Waals surface area contributed by atoms with Gasteiger partial charge in [0, 0.05) is 16.5 Å². The lowest BCUT2D eigenvalue weighted by atomic mass is 10.2. The number of thiazole rings is 1. The quantitative estimate of drug-likeness (QED) is 0.480. The molecular formula is C20H18N4O2S2. The minimum Gasteiger partial charge on any atom is -0.497 e. The van der Waals surface area contributed by atoms with Gasteiger partial charge in [-0.1, -0.05) is 11.3 Å². The Morgan fingerprint density at radius 2 is 1.96 bits per heavy atom. The molecule has 0 saturated carbocycles. The molecule has 142 valence electrons. The van der Waals surface area contributed by atoms with Crippen molar-refractivity contribution in [3.63, 3.8) is 0 Å². The van der Waals surface area contributed by atoms with Crippen molar-refractivity contribution in [2.24, 2.45) is 0 Å². The number of nitrogens with one attached hydrogen (secondary N) is 1. The zero-order valence-electron chi connectivity index (χ0n) is 15.6.